The molecule has 0 aliphatic heterocycles. The molecule has 25 heavy (non-hydrogen) atoms. The highest BCUT2D eigenvalue weighted by atomic mass is 32.1. The Labute approximate surface area is 153 Å². The lowest BCUT2D eigenvalue weighted by Crippen LogP contribution is -2.45. The van der Waals surface area contributed by atoms with E-state index in [1.54, 1.807) is 7.11 Å². The van der Waals surface area contributed by atoms with E-state index in [0.29, 0.717) is 12.6 Å². The molecule has 0 atom stereocenters. The summed E-state index contributed by atoms with van der Waals surface area (Å²) in [6.07, 6.45) is 4.72. The second-order valence-electron chi connectivity index (χ2n) is 6.48. The summed E-state index contributed by atoms with van der Waals surface area (Å²) in [6, 6.07) is 8.10. The van der Waals surface area contributed by atoms with Gasteiger partial charge < -0.3 is 19.9 Å². The average Bonchev–Trinajstić information content (AvgIpc) is 3.13. The Kier molecular flexibility index (Phi) is 5.58. The third kappa shape index (κ3) is 3.95. The van der Waals surface area contributed by atoms with E-state index in [-0.39, 0.29) is 5.56 Å². The molecular weight excluding hydrogens is 334 g/mol. The average molecular weight is 359 g/mol. The van der Waals surface area contributed by atoms with Crippen molar-refractivity contribution in [3.05, 3.63) is 40.2 Å². The Morgan fingerprint density at radius 3 is 2.80 bits per heavy atom. The SMILES string of the molecule is CCNC(=S)N(Cc1cc2ccc(OC)cc2[nH]c1=O)C1CCCC1. The van der Waals surface area contributed by atoms with Crippen LogP contribution in [0, 0.1) is 0 Å². The minimum Gasteiger partial charge on any atom is -0.497 e. The van der Waals surface area contributed by atoms with Crippen LogP contribution in [0.3, 0.4) is 0 Å². The minimum atomic E-state index is -0.0666. The van der Waals surface area contributed by atoms with Gasteiger partial charge in [-0.2, -0.15) is 0 Å². The van der Waals surface area contributed by atoms with E-state index in [4.69, 9.17) is 17.0 Å². The monoisotopic (exact) mass is 359 g/mol. The number of benzene rings is 1. The lowest BCUT2D eigenvalue weighted by atomic mass is 10.1. The Hall–Kier alpha value is -2.08. The van der Waals surface area contributed by atoms with E-state index in [1.165, 1.54) is 12.8 Å². The summed E-state index contributed by atoms with van der Waals surface area (Å²) >= 11 is 5.57. The standard InChI is InChI=1S/C19H25N3O2S/c1-3-20-19(25)22(15-6-4-5-7-15)12-14-10-13-8-9-16(24-2)11-17(13)21-18(14)23/h8-11,15H,3-7,12H2,1-2H3,(H,20,25)(H,21,23). The zero-order chi connectivity index (χ0) is 17.8. The van der Waals surface area contributed by atoms with Crippen LogP contribution in [0.4, 0.5) is 0 Å². The van der Waals surface area contributed by atoms with Gasteiger partial charge in [-0.1, -0.05) is 12.8 Å². The van der Waals surface area contributed by atoms with Gasteiger partial charge in [-0.05, 0) is 55.6 Å². The molecule has 1 saturated carbocycles. The molecule has 0 spiro atoms. The van der Waals surface area contributed by atoms with Crippen molar-refractivity contribution in [3.63, 3.8) is 0 Å². The number of fused-ring (bicyclic) bond motifs is 1. The van der Waals surface area contributed by atoms with E-state index in [0.717, 1.165) is 46.7 Å². The van der Waals surface area contributed by atoms with Gasteiger partial charge in [0.05, 0.1) is 19.2 Å². The summed E-state index contributed by atoms with van der Waals surface area (Å²) in [5.41, 5.74) is 1.46. The van der Waals surface area contributed by atoms with Crippen molar-refractivity contribution < 1.29 is 4.74 Å². The summed E-state index contributed by atoms with van der Waals surface area (Å²) in [6.45, 7) is 3.36. The molecular formula is C19H25N3O2S. The fraction of sp³-hybridized carbons (Fsp3) is 0.474. The quantitative estimate of drug-likeness (QED) is 0.803. The predicted molar refractivity (Wildman–Crippen MR) is 105 cm³/mol. The Morgan fingerprint density at radius 1 is 1.36 bits per heavy atom. The molecule has 6 heteroatoms. The molecule has 5 nitrogen and oxygen atoms in total. The Balaban J connectivity index is 1.91. The molecule has 134 valence electrons. The molecule has 0 saturated heterocycles. The van der Waals surface area contributed by atoms with E-state index in [2.05, 4.69) is 15.2 Å². The molecule has 0 unspecified atom stereocenters. The zero-order valence-corrected chi connectivity index (χ0v) is 15.6. The van der Waals surface area contributed by atoms with Crippen LogP contribution in [0.5, 0.6) is 5.75 Å². The summed E-state index contributed by atoms with van der Waals surface area (Å²) in [4.78, 5) is 17.7. The van der Waals surface area contributed by atoms with Crippen molar-refractivity contribution in [2.45, 2.75) is 45.2 Å². The number of nitrogens with one attached hydrogen (secondary N) is 2. The van der Waals surface area contributed by atoms with E-state index in [1.807, 2.05) is 31.2 Å². The number of hydrogen-bond acceptors (Lipinski definition) is 3. The highest BCUT2D eigenvalue weighted by molar-refractivity contribution is 7.80. The Morgan fingerprint density at radius 2 is 2.12 bits per heavy atom. The Bertz CT molecular complexity index is 812. The first-order valence-electron chi connectivity index (χ1n) is 8.86. The van der Waals surface area contributed by atoms with Gasteiger partial charge in [-0.3, -0.25) is 4.79 Å². The molecule has 2 aromatic rings. The number of rotatable bonds is 5. The maximum absolute atomic E-state index is 12.6. The van der Waals surface area contributed by atoms with Crippen LogP contribution in [0.15, 0.2) is 29.1 Å². The molecule has 0 amide bonds. The lowest BCUT2D eigenvalue weighted by molar-refractivity contribution is 0.303. The lowest BCUT2D eigenvalue weighted by Gasteiger charge is -2.31. The van der Waals surface area contributed by atoms with Gasteiger partial charge in [0, 0.05) is 24.2 Å². The van der Waals surface area contributed by atoms with Crippen LogP contribution >= 0.6 is 12.2 Å². The minimum absolute atomic E-state index is 0.0666. The first kappa shape index (κ1) is 17.7. The van der Waals surface area contributed by atoms with E-state index < -0.39 is 0 Å². The van der Waals surface area contributed by atoms with Crippen LogP contribution in [0.1, 0.15) is 38.2 Å². The number of thiocarbonyl (C=S) groups is 1. The second-order valence-corrected chi connectivity index (χ2v) is 6.87. The van der Waals surface area contributed by atoms with Gasteiger partial charge in [0.2, 0.25) is 0 Å². The molecule has 0 bridgehead atoms. The number of pyridine rings is 1. The van der Waals surface area contributed by atoms with Crippen LogP contribution in [-0.2, 0) is 6.54 Å². The molecule has 3 rings (SSSR count). The largest absolute Gasteiger partial charge is 0.497 e. The predicted octanol–water partition coefficient (Wildman–Crippen LogP) is 3.18. The molecule has 1 aromatic heterocycles. The maximum atomic E-state index is 12.6. The number of aromatic nitrogens is 1. The fourth-order valence-electron chi connectivity index (χ4n) is 3.49. The third-order valence-electron chi connectivity index (χ3n) is 4.83. The smallest absolute Gasteiger partial charge is 0.253 e. The van der Waals surface area contributed by atoms with Gasteiger partial charge in [-0.25, -0.2) is 0 Å². The summed E-state index contributed by atoms with van der Waals surface area (Å²) in [5, 5.41) is 4.98. The van der Waals surface area contributed by atoms with Gasteiger partial charge in [0.25, 0.3) is 5.56 Å². The summed E-state index contributed by atoms with van der Waals surface area (Å²) in [7, 11) is 1.62. The second kappa shape index (κ2) is 7.87. The van der Waals surface area contributed by atoms with Gasteiger partial charge >= 0.3 is 0 Å². The first-order valence-corrected chi connectivity index (χ1v) is 9.27. The van der Waals surface area contributed by atoms with Gasteiger partial charge in [-0.15, -0.1) is 0 Å². The van der Waals surface area contributed by atoms with Crippen LogP contribution in [0.25, 0.3) is 10.9 Å². The highest BCUT2D eigenvalue weighted by Crippen LogP contribution is 2.25. The van der Waals surface area contributed by atoms with E-state index in [9.17, 15) is 4.79 Å². The maximum Gasteiger partial charge on any atom is 0.253 e. The number of ether oxygens (including phenoxy) is 1. The normalized spacial score (nSPS) is 14.6. The van der Waals surface area contributed by atoms with Crippen molar-refractivity contribution >= 4 is 28.2 Å². The van der Waals surface area contributed by atoms with Crippen LogP contribution in [0.2, 0.25) is 0 Å². The van der Waals surface area contributed by atoms with Gasteiger partial charge in [0.15, 0.2) is 5.11 Å². The molecule has 0 radical (unpaired) electrons. The topological polar surface area (TPSA) is 57.4 Å². The number of methoxy groups -OCH3 is 1. The van der Waals surface area contributed by atoms with Crippen LogP contribution in [-0.4, -0.2) is 34.7 Å². The number of nitrogens with zero attached hydrogens (tertiary/aromatic N) is 1. The van der Waals surface area contributed by atoms with Gasteiger partial charge in [0.1, 0.15) is 5.75 Å². The van der Waals surface area contributed by atoms with Crippen molar-refractivity contribution in [2.75, 3.05) is 13.7 Å². The number of aromatic amines is 1. The zero-order valence-electron chi connectivity index (χ0n) is 14.8. The molecule has 1 heterocycles. The van der Waals surface area contributed by atoms with Crippen LogP contribution < -0.4 is 15.6 Å². The molecule has 1 aromatic carbocycles. The molecule has 1 aliphatic carbocycles. The van der Waals surface area contributed by atoms with Crippen molar-refractivity contribution in [1.29, 1.82) is 0 Å². The molecule has 2 N–H and O–H groups in total. The first-order chi connectivity index (χ1) is 12.1. The highest BCUT2D eigenvalue weighted by Gasteiger charge is 2.25. The summed E-state index contributed by atoms with van der Waals surface area (Å²) < 4.78 is 5.23. The molecule has 1 fully saturated rings. The van der Waals surface area contributed by atoms with Crippen molar-refractivity contribution in [1.82, 2.24) is 15.2 Å². The fourth-order valence-corrected chi connectivity index (χ4v) is 3.85. The number of hydrogen-bond donors (Lipinski definition) is 2. The molecule has 1 aliphatic rings. The summed E-state index contributed by atoms with van der Waals surface area (Å²) in [5.74, 6) is 0.733. The third-order valence-corrected chi connectivity index (χ3v) is 5.20. The van der Waals surface area contributed by atoms with Crippen molar-refractivity contribution in [3.8, 4) is 5.75 Å². The van der Waals surface area contributed by atoms with Crippen molar-refractivity contribution in [2.24, 2.45) is 0 Å². The number of H-pyrrole nitrogens is 1. The van der Waals surface area contributed by atoms with E-state index >= 15 is 0 Å².